The van der Waals surface area contributed by atoms with Crippen molar-refractivity contribution in [2.24, 2.45) is 5.92 Å². The average molecular weight is 282 g/mol. The van der Waals surface area contributed by atoms with Gasteiger partial charge in [-0.15, -0.1) is 0 Å². The lowest BCUT2D eigenvalue weighted by Gasteiger charge is -2.35. The van der Waals surface area contributed by atoms with Crippen molar-refractivity contribution in [2.75, 3.05) is 19.6 Å². The maximum Gasteiger partial charge on any atom is 0.250 e. The summed E-state index contributed by atoms with van der Waals surface area (Å²) in [4.78, 5) is 2.15. The summed E-state index contributed by atoms with van der Waals surface area (Å²) >= 11 is 0. The molecule has 20 heavy (non-hydrogen) atoms. The molecule has 2 atom stereocenters. The SMILES string of the molecule is [CH2-][NH2+][C@@H](c1ccccc1)[C@@H](C)CN1CCC(F)(F)CC1. The van der Waals surface area contributed by atoms with Gasteiger partial charge in [-0.2, -0.15) is 7.05 Å². The van der Waals surface area contributed by atoms with Gasteiger partial charge in [-0.05, 0) is 0 Å². The highest BCUT2D eigenvalue weighted by Crippen LogP contribution is 2.29. The number of quaternary nitrogens is 1. The molecule has 112 valence electrons. The normalized spacial score (nSPS) is 22.4. The first-order valence-corrected chi connectivity index (χ1v) is 7.29. The molecule has 0 unspecified atom stereocenters. The lowest BCUT2D eigenvalue weighted by Crippen LogP contribution is -2.80. The summed E-state index contributed by atoms with van der Waals surface area (Å²) in [7, 11) is 3.94. The summed E-state index contributed by atoms with van der Waals surface area (Å²) in [5.74, 6) is -2.08. The molecule has 1 aliphatic rings. The van der Waals surface area contributed by atoms with Gasteiger partial charge in [0, 0.05) is 44.0 Å². The smallest absolute Gasteiger partial charge is 0.250 e. The number of hydrogen-bond donors (Lipinski definition) is 1. The van der Waals surface area contributed by atoms with E-state index in [9.17, 15) is 8.78 Å². The zero-order valence-corrected chi connectivity index (χ0v) is 12.1. The molecule has 0 amide bonds. The van der Waals surface area contributed by atoms with E-state index in [-0.39, 0.29) is 18.9 Å². The number of benzene rings is 1. The highest BCUT2D eigenvalue weighted by molar-refractivity contribution is 5.17. The molecule has 1 aromatic rings. The Morgan fingerprint density at radius 1 is 1.25 bits per heavy atom. The molecule has 1 aliphatic heterocycles. The van der Waals surface area contributed by atoms with Crippen molar-refractivity contribution < 1.29 is 14.1 Å². The van der Waals surface area contributed by atoms with Crippen LogP contribution in [-0.4, -0.2) is 30.5 Å². The number of alkyl halides is 2. The molecule has 0 aromatic heterocycles. The van der Waals surface area contributed by atoms with E-state index < -0.39 is 5.92 Å². The number of rotatable bonds is 5. The van der Waals surface area contributed by atoms with Gasteiger partial charge in [0.2, 0.25) is 0 Å². The Hall–Kier alpha value is -1.00. The third-order valence-electron chi connectivity index (χ3n) is 4.19. The summed E-state index contributed by atoms with van der Waals surface area (Å²) in [5, 5.41) is 1.97. The van der Waals surface area contributed by atoms with E-state index in [4.69, 9.17) is 0 Å². The Balaban J connectivity index is 1.92. The summed E-state index contributed by atoms with van der Waals surface area (Å²) in [5.41, 5.74) is 1.25. The molecule has 2 nitrogen and oxygen atoms in total. The summed E-state index contributed by atoms with van der Waals surface area (Å²) in [6.07, 6.45) is -0.0202. The maximum absolute atomic E-state index is 13.2. The monoisotopic (exact) mass is 282 g/mol. The van der Waals surface area contributed by atoms with E-state index in [1.807, 2.05) is 23.5 Å². The Morgan fingerprint density at radius 2 is 1.85 bits per heavy atom. The first kappa shape index (κ1) is 15.4. The van der Waals surface area contributed by atoms with Crippen LogP contribution in [0.25, 0.3) is 0 Å². The first-order chi connectivity index (χ1) is 9.52. The minimum atomic E-state index is -2.46. The van der Waals surface area contributed by atoms with Crippen molar-refractivity contribution in [3.8, 4) is 0 Å². The Labute approximate surface area is 120 Å². The van der Waals surface area contributed by atoms with Crippen LogP contribution in [0.15, 0.2) is 30.3 Å². The second-order valence-corrected chi connectivity index (χ2v) is 5.81. The molecule has 1 saturated heterocycles. The number of halogens is 2. The maximum atomic E-state index is 13.2. The second kappa shape index (κ2) is 6.64. The van der Waals surface area contributed by atoms with Crippen molar-refractivity contribution >= 4 is 0 Å². The van der Waals surface area contributed by atoms with Gasteiger partial charge in [-0.3, -0.25) is 0 Å². The van der Waals surface area contributed by atoms with Gasteiger partial charge in [0.05, 0.1) is 6.04 Å². The van der Waals surface area contributed by atoms with Crippen LogP contribution in [0.1, 0.15) is 31.4 Å². The Morgan fingerprint density at radius 3 is 2.40 bits per heavy atom. The van der Waals surface area contributed by atoms with Crippen molar-refractivity contribution in [3.63, 3.8) is 0 Å². The highest BCUT2D eigenvalue weighted by Gasteiger charge is 2.34. The predicted molar refractivity (Wildman–Crippen MR) is 76.3 cm³/mol. The number of piperidine rings is 1. The number of nitrogens with zero attached hydrogens (tertiary/aromatic N) is 1. The molecule has 1 aromatic carbocycles. The highest BCUT2D eigenvalue weighted by atomic mass is 19.3. The van der Waals surface area contributed by atoms with Crippen LogP contribution in [0.2, 0.25) is 0 Å². The van der Waals surface area contributed by atoms with Gasteiger partial charge in [0.1, 0.15) is 0 Å². The fourth-order valence-electron chi connectivity index (χ4n) is 2.96. The summed E-state index contributed by atoms with van der Waals surface area (Å²) in [6, 6.07) is 10.5. The lowest BCUT2D eigenvalue weighted by atomic mass is 9.93. The van der Waals surface area contributed by atoms with Gasteiger partial charge >= 0.3 is 0 Å². The van der Waals surface area contributed by atoms with Crippen LogP contribution >= 0.6 is 0 Å². The van der Waals surface area contributed by atoms with Crippen molar-refractivity contribution in [2.45, 2.75) is 31.7 Å². The molecule has 2 rings (SSSR count). The van der Waals surface area contributed by atoms with Crippen LogP contribution in [0.3, 0.4) is 0 Å². The Kier molecular flexibility index (Phi) is 5.11. The van der Waals surface area contributed by atoms with E-state index in [0.29, 0.717) is 19.0 Å². The fraction of sp³-hybridized carbons (Fsp3) is 0.562. The van der Waals surface area contributed by atoms with E-state index in [2.05, 4.69) is 31.0 Å². The molecule has 1 fully saturated rings. The third kappa shape index (κ3) is 4.00. The van der Waals surface area contributed by atoms with E-state index in [1.54, 1.807) is 0 Å². The number of hydrogen-bond acceptors (Lipinski definition) is 1. The van der Waals surface area contributed by atoms with Gasteiger partial charge < -0.3 is 10.2 Å². The first-order valence-electron chi connectivity index (χ1n) is 7.29. The van der Waals surface area contributed by atoms with Crippen LogP contribution < -0.4 is 5.32 Å². The molecular formula is C16H24F2N2. The van der Waals surface area contributed by atoms with Crippen LogP contribution in [0.5, 0.6) is 0 Å². The number of nitrogens with two attached hydrogens (primary N) is 1. The van der Waals surface area contributed by atoms with Crippen molar-refractivity contribution in [3.05, 3.63) is 42.9 Å². The van der Waals surface area contributed by atoms with Crippen LogP contribution in [0.4, 0.5) is 8.78 Å². The topological polar surface area (TPSA) is 19.9 Å². The van der Waals surface area contributed by atoms with Crippen molar-refractivity contribution in [1.29, 1.82) is 0 Å². The Bertz CT molecular complexity index is 398. The minimum Gasteiger partial charge on any atom is -0.472 e. The predicted octanol–water partition coefficient (Wildman–Crippen LogP) is 2.45. The molecule has 0 saturated carbocycles. The largest absolute Gasteiger partial charge is 0.472 e. The molecule has 0 radical (unpaired) electrons. The summed E-state index contributed by atoms with van der Waals surface area (Å²) < 4.78 is 26.3. The minimum absolute atomic E-state index is 0.0101. The van der Waals surface area contributed by atoms with Gasteiger partial charge in [0.25, 0.3) is 5.92 Å². The van der Waals surface area contributed by atoms with Crippen molar-refractivity contribution in [1.82, 2.24) is 4.90 Å². The zero-order valence-electron chi connectivity index (χ0n) is 12.1. The molecule has 0 bridgehead atoms. The van der Waals surface area contributed by atoms with Gasteiger partial charge in [-0.1, -0.05) is 37.3 Å². The molecule has 0 aliphatic carbocycles. The van der Waals surface area contributed by atoms with E-state index >= 15 is 0 Å². The third-order valence-corrected chi connectivity index (χ3v) is 4.19. The molecular weight excluding hydrogens is 258 g/mol. The molecule has 1 heterocycles. The van der Waals surface area contributed by atoms with E-state index in [0.717, 1.165) is 6.54 Å². The quantitative estimate of drug-likeness (QED) is 0.822. The lowest BCUT2D eigenvalue weighted by molar-refractivity contribution is -0.648. The van der Waals surface area contributed by atoms with E-state index in [1.165, 1.54) is 5.56 Å². The zero-order chi connectivity index (χ0) is 14.6. The molecule has 4 heteroatoms. The standard InChI is InChI=1S/C16H24F2N2/c1-13(12-20-10-8-16(17,18)9-11-20)15(19-2)14-6-4-3-5-7-14/h3-7,13,15H,2,8-12,19H2,1H3/t13-,15+/m0/s1. The summed E-state index contributed by atoms with van der Waals surface area (Å²) in [6.45, 7) is 4.01. The molecule has 2 N–H and O–H groups in total. The van der Waals surface area contributed by atoms with Gasteiger partial charge in [0.15, 0.2) is 0 Å². The number of likely N-dealkylation sites (tertiary alicyclic amines) is 1. The second-order valence-electron chi connectivity index (χ2n) is 5.81. The fourth-order valence-corrected chi connectivity index (χ4v) is 2.96. The van der Waals surface area contributed by atoms with Gasteiger partial charge in [-0.25, -0.2) is 8.78 Å². The van der Waals surface area contributed by atoms with Crippen LogP contribution in [-0.2, 0) is 0 Å². The molecule has 0 spiro atoms. The van der Waals surface area contributed by atoms with Crippen LogP contribution in [0, 0.1) is 13.0 Å². The average Bonchev–Trinajstić information content (AvgIpc) is 2.43.